The van der Waals surface area contributed by atoms with Crippen molar-refractivity contribution < 1.29 is 4.74 Å². The van der Waals surface area contributed by atoms with Gasteiger partial charge < -0.3 is 4.74 Å². The van der Waals surface area contributed by atoms with Crippen LogP contribution in [0.25, 0.3) is 22.0 Å². The summed E-state index contributed by atoms with van der Waals surface area (Å²) in [5.74, 6) is 0.936. The molecule has 21 heavy (non-hydrogen) atoms. The summed E-state index contributed by atoms with van der Waals surface area (Å²) in [5, 5.41) is 10.8. The molecule has 2 aromatic carbocycles. The molecule has 1 aliphatic heterocycles. The predicted octanol–water partition coefficient (Wildman–Crippen LogP) is 4.28. The van der Waals surface area contributed by atoms with Gasteiger partial charge in [-0.05, 0) is 24.5 Å². The summed E-state index contributed by atoms with van der Waals surface area (Å²) in [6, 6.07) is 14.1. The van der Waals surface area contributed by atoms with E-state index in [0.29, 0.717) is 5.15 Å². The molecule has 0 amide bonds. The van der Waals surface area contributed by atoms with Gasteiger partial charge in [0.25, 0.3) is 0 Å². The highest BCUT2D eigenvalue weighted by Crippen LogP contribution is 2.38. The molecule has 2 heterocycles. The van der Waals surface area contributed by atoms with Crippen LogP contribution in [0.2, 0.25) is 5.15 Å². The number of hydrogen-bond acceptors (Lipinski definition) is 3. The van der Waals surface area contributed by atoms with Gasteiger partial charge in [-0.1, -0.05) is 48.0 Å². The standard InChI is InChI=1S/C17H13ClN2O/c18-17-13-8-2-1-7-12(13)15(19-20-17)14-9-3-5-11-6-4-10-21-16(11)14/h1-3,5,7-9H,4,6,10H2. The zero-order valence-corrected chi connectivity index (χ0v) is 12.1. The molecule has 3 nitrogen and oxygen atoms in total. The van der Waals surface area contributed by atoms with Crippen molar-refractivity contribution in [2.75, 3.05) is 6.61 Å². The molecule has 3 aromatic rings. The van der Waals surface area contributed by atoms with E-state index in [9.17, 15) is 0 Å². The van der Waals surface area contributed by atoms with Crippen molar-refractivity contribution in [2.24, 2.45) is 0 Å². The third kappa shape index (κ3) is 2.05. The number of fused-ring (bicyclic) bond motifs is 2. The number of hydrogen-bond donors (Lipinski definition) is 0. The number of para-hydroxylation sites is 1. The van der Waals surface area contributed by atoms with E-state index in [0.717, 1.165) is 47.2 Å². The SMILES string of the molecule is Clc1nnc(-c2cccc3c2OCCC3)c2ccccc12. The van der Waals surface area contributed by atoms with E-state index in [4.69, 9.17) is 16.3 Å². The van der Waals surface area contributed by atoms with E-state index in [2.05, 4.69) is 16.3 Å². The second-order valence-electron chi connectivity index (χ2n) is 5.13. The lowest BCUT2D eigenvalue weighted by atomic mass is 9.98. The van der Waals surface area contributed by atoms with Gasteiger partial charge in [0.2, 0.25) is 0 Å². The average Bonchev–Trinajstić information content (AvgIpc) is 2.55. The first kappa shape index (κ1) is 12.6. The number of halogens is 1. The minimum Gasteiger partial charge on any atom is -0.493 e. The van der Waals surface area contributed by atoms with Crippen molar-refractivity contribution in [2.45, 2.75) is 12.8 Å². The van der Waals surface area contributed by atoms with Crippen molar-refractivity contribution in [1.29, 1.82) is 0 Å². The highest BCUT2D eigenvalue weighted by atomic mass is 35.5. The van der Waals surface area contributed by atoms with Crippen molar-refractivity contribution in [3.05, 3.63) is 53.2 Å². The average molecular weight is 297 g/mol. The molecule has 0 fully saturated rings. The van der Waals surface area contributed by atoms with E-state index in [1.165, 1.54) is 5.56 Å². The van der Waals surface area contributed by atoms with Gasteiger partial charge in [0.15, 0.2) is 5.15 Å². The van der Waals surface area contributed by atoms with E-state index >= 15 is 0 Å². The van der Waals surface area contributed by atoms with Crippen molar-refractivity contribution >= 4 is 22.4 Å². The summed E-state index contributed by atoms with van der Waals surface area (Å²) in [6.45, 7) is 0.753. The summed E-state index contributed by atoms with van der Waals surface area (Å²) < 4.78 is 5.89. The zero-order valence-electron chi connectivity index (χ0n) is 11.3. The largest absolute Gasteiger partial charge is 0.493 e. The van der Waals surface area contributed by atoms with Gasteiger partial charge in [-0.15, -0.1) is 10.2 Å². The van der Waals surface area contributed by atoms with Crippen molar-refractivity contribution in [1.82, 2.24) is 10.2 Å². The van der Waals surface area contributed by atoms with E-state index in [-0.39, 0.29) is 0 Å². The fourth-order valence-corrected chi connectivity index (χ4v) is 3.05. The summed E-state index contributed by atoms with van der Waals surface area (Å²) in [6.07, 6.45) is 2.10. The number of ether oxygens (including phenoxy) is 1. The second-order valence-corrected chi connectivity index (χ2v) is 5.49. The Morgan fingerprint density at radius 2 is 1.81 bits per heavy atom. The quantitative estimate of drug-likeness (QED) is 0.672. The van der Waals surface area contributed by atoms with Gasteiger partial charge >= 0.3 is 0 Å². The summed E-state index contributed by atoms with van der Waals surface area (Å²) in [5.41, 5.74) is 3.06. The number of aromatic nitrogens is 2. The summed E-state index contributed by atoms with van der Waals surface area (Å²) >= 11 is 6.16. The Balaban J connectivity index is 2.02. The minimum absolute atomic E-state index is 0.431. The normalized spacial score (nSPS) is 13.8. The molecule has 0 unspecified atom stereocenters. The van der Waals surface area contributed by atoms with Crippen LogP contribution in [0.3, 0.4) is 0 Å². The van der Waals surface area contributed by atoms with Crippen LogP contribution in [-0.4, -0.2) is 16.8 Å². The first-order valence-corrected chi connectivity index (χ1v) is 7.38. The lowest BCUT2D eigenvalue weighted by Crippen LogP contribution is -2.09. The Labute approximate surface area is 127 Å². The van der Waals surface area contributed by atoms with Crippen LogP contribution in [0, 0.1) is 0 Å². The number of benzene rings is 2. The van der Waals surface area contributed by atoms with Gasteiger partial charge in [0.1, 0.15) is 11.4 Å². The molecular weight excluding hydrogens is 284 g/mol. The van der Waals surface area contributed by atoms with Crippen LogP contribution in [0.15, 0.2) is 42.5 Å². The molecule has 0 aliphatic carbocycles. The Morgan fingerprint density at radius 3 is 2.71 bits per heavy atom. The zero-order chi connectivity index (χ0) is 14.2. The summed E-state index contributed by atoms with van der Waals surface area (Å²) in [4.78, 5) is 0. The smallest absolute Gasteiger partial charge is 0.159 e. The van der Waals surface area contributed by atoms with Gasteiger partial charge in [-0.25, -0.2) is 0 Å². The molecule has 1 aliphatic rings. The maximum Gasteiger partial charge on any atom is 0.159 e. The van der Waals surface area contributed by atoms with Crippen LogP contribution in [0.1, 0.15) is 12.0 Å². The lowest BCUT2D eigenvalue weighted by Gasteiger charge is -2.20. The molecule has 104 valence electrons. The number of aryl methyl sites for hydroxylation is 1. The topological polar surface area (TPSA) is 35.0 Å². The molecule has 4 rings (SSSR count). The van der Waals surface area contributed by atoms with Crippen LogP contribution in [0.4, 0.5) is 0 Å². The predicted molar refractivity (Wildman–Crippen MR) is 83.8 cm³/mol. The number of nitrogens with zero attached hydrogens (tertiary/aromatic N) is 2. The van der Waals surface area contributed by atoms with Gasteiger partial charge in [-0.3, -0.25) is 0 Å². The molecule has 0 radical (unpaired) electrons. The Bertz CT molecular complexity index is 832. The van der Waals surface area contributed by atoms with E-state index in [1.54, 1.807) is 0 Å². The van der Waals surface area contributed by atoms with E-state index < -0.39 is 0 Å². The lowest BCUT2D eigenvalue weighted by molar-refractivity contribution is 0.289. The highest BCUT2D eigenvalue weighted by molar-refractivity contribution is 6.34. The number of rotatable bonds is 1. The fraction of sp³-hybridized carbons (Fsp3) is 0.176. The monoisotopic (exact) mass is 296 g/mol. The summed E-state index contributed by atoms with van der Waals surface area (Å²) in [7, 11) is 0. The molecule has 0 atom stereocenters. The second kappa shape index (κ2) is 5.01. The van der Waals surface area contributed by atoms with Crippen LogP contribution < -0.4 is 4.74 Å². The van der Waals surface area contributed by atoms with Crippen LogP contribution >= 0.6 is 11.6 Å². The van der Waals surface area contributed by atoms with Gasteiger partial charge in [0, 0.05) is 16.3 Å². The molecule has 4 heteroatoms. The maximum atomic E-state index is 6.16. The fourth-order valence-electron chi connectivity index (χ4n) is 2.85. The molecule has 0 saturated carbocycles. The molecule has 0 saturated heterocycles. The molecular formula is C17H13ClN2O. The van der Waals surface area contributed by atoms with Crippen molar-refractivity contribution in [3.8, 4) is 17.0 Å². The molecule has 1 aromatic heterocycles. The molecule has 0 spiro atoms. The third-order valence-electron chi connectivity index (χ3n) is 3.83. The Hall–Kier alpha value is -2.13. The maximum absolute atomic E-state index is 6.16. The Morgan fingerprint density at radius 1 is 0.952 bits per heavy atom. The van der Waals surface area contributed by atoms with Crippen LogP contribution in [-0.2, 0) is 6.42 Å². The minimum atomic E-state index is 0.431. The first-order valence-electron chi connectivity index (χ1n) is 7.00. The van der Waals surface area contributed by atoms with Crippen LogP contribution in [0.5, 0.6) is 5.75 Å². The Kier molecular flexibility index (Phi) is 3.00. The third-order valence-corrected chi connectivity index (χ3v) is 4.11. The highest BCUT2D eigenvalue weighted by Gasteiger charge is 2.18. The van der Waals surface area contributed by atoms with Gasteiger partial charge in [0.05, 0.1) is 6.61 Å². The first-order chi connectivity index (χ1) is 10.3. The molecule has 0 N–H and O–H groups in total. The molecule has 0 bridgehead atoms. The van der Waals surface area contributed by atoms with Gasteiger partial charge in [-0.2, -0.15) is 0 Å². The van der Waals surface area contributed by atoms with Crippen molar-refractivity contribution in [3.63, 3.8) is 0 Å². The van der Waals surface area contributed by atoms with E-state index in [1.807, 2.05) is 36.4 Å².